The monoisotopic (exact) mass is 210 g/mol. The van der Waals surface area contributed by atoms with E-state index in [4.69, 9.17) is 5.73 Å². The topological polar surface area (TPSA) is 71.2 Å². The summed E-state index contributed by atoms with van der Waals surface area (Å²) in [5, 5.41) is 0. The summed E-state index contributed by atoms with van der Waals surface area (Å²) in [6.07, 6.45) is 0. The van der Waals surface area contributed by atoms with Crippen molar-refractivity contribution in [3.63, 3.8) is 0 Å². The fourth-order valence-corrected chi connectivity index (χ4v) is 0.994. The Kier molecular flexibility index (Phi) is 3.65. The van der Waals surface area contributed by atoms with E-state index >= 15 is 0 Å². The summed E-state index contributed by atoms with van der Waals surface area (Å²) in [6.45, 7) is 5.73. The highest BCUT2D eigenvalue weighted by Gasteiger charge is 2.09. The minimum atomic E-state index is 0.260. The van der Waals surface area contributed by atoms with Gasteiger partial charge in [-0.15, -0.1) is 0 Å². The standard InChI is InChI=1S/C9H18N6/c1-5-14(3)8-11-7(10)12-9(13-8)15(4)6-2/h5-6H2,1-4H3,(H2,10,11,12,13). The van der Waals surface area contributed by atoms with Crippen molar-refractivity contribution in [3.8, 4) is 0 Å². The molecule has 0 fully saturated rings. The van der Waals surface area contributed by atoms with Crippen molar-refractivity contribution in [2.45, 2.75) is 13.8 Å². The Morgan fingerprint density at radius 1 is 0.933 bits per heavy atom. The average molecular weight is 210 g/mol. The molecule has 0 saturated carbocycles. The SMILES string of the molecule is CCN(C)c1nc(N)nc(N(C)CC)n1. The van der Waals surface area contributed by atoms with Gasteiger partial charge < -0.3 is 15.5 Å². The normalized spacial score (nSPS) is 10.1. The van der Waals surface area contributed by atoms with Crippen LogP contribution in [0.2, 0.25) is 0 Å². The molecular formula is C9H18N6. The van der Waals surface area contributed by atoms with Gasteiger partial charge in [0.1, 0.15) is 0 Å². The van der Waals surface area contributed by atoms with Gasteiger partial charge in [0.2, 0.25) is 17.8 Å². The Bertz CT molecular complexity index is 298. The summed E-state index contributed by atoms with van der Waals surface area (Å²) in [4.78, 5) is 16.3. The molecular weight excluding hydrogens is 192 g/mol. The van der Waals surface area contributed by atoms with Gasteiger partial charge in [-0.25, -0.2) is 0 Å². The predicted molar refractivity (Wildman–Crippen MR) is 62.1 cm³/mol. The van der Waals surface area contributed by atoms with Crippen molar-refractivity contribution in [2.24, 2.45) is 0 Å². The summed E-state index contributed by atoms with van der Waals surface area (Å²) >= 11 is 0. The minimum Gasteiger partial charge on any atom is -0.368 e. The van der Waals surface area contributed by atoms with Crippen LogP contribution in [-0.2, 0) is 0 Å². The first-order valence-corrected chi connectivity index (χ1v) is 5.02. The summed E-state index contributed by atoms with van der Waals surface area (Å²) in [6, 6.07) is 0. The highest BCUT2D eigenvalue weighted by Crippen LogP contribution is 2.12. The Balaban J connectivity index is 3.04. The van der Waals surface area contributed by atoms with Crippen molar-refractivity contribution in [3.05, 3.63) is 0 Å². The molecule has 0 aliphatic heterocycles. The summed E-state index contributed by atoms with van der Waals surface area (Å²) in [7, 11) is 3.84. The third-order valence-electron chi connectivity index (χ3n) is 2.26. The van der Waals surface area contributed by atoms with Crippen LogP contribution < -0.4 is 15.5 Å². The molecule has 1 rings (SSSR count). The van der Waals surface area contributed by atoms with E-state index in [1.54, 1.807) is 0 Å². The average Bonchev–Trinajstić information content (AvgIpc) is 2.26. The molecule has 0 bridgehead atoms. The molecule has 1 heterocycles. The Morgan fingerprint density at radius 2 is 1.33 bits per heavy atom. The molecule has 6 heteroatoms. The number of nitrogens with two attached hydrogens (primary N) is 1. The number of hydrogen-bond donors (Lipinski definition) is 1. The van der Waals surface area contributed by atoms with Crippen LogP contribution >= 0.6 is 0 Å². The maximum atomic E-state index is 5.63. The molecule has 0 atom stereocenters. The molecule has 0 aliphatic carbocycles. The Labute approximate surface area is 90.1 Å². The fourth-order valence-electron chi connectivity index (χ4n) is 0.994. The highest BCUT2D eigenvalue weighted by molar-refractivity contribution is 5.42. The van der Waals surface area contributed by atoms with Crippen LogP contribution in [-0.4, -0.2) is 42.1 Å². The zero-order chi connectivity index (χ0) is 11.4. The molecule has 84 valence electrons. The van der Waals surface area contributed by atoms with Gasteiger partial charge in [-0.05, 0) is 13.8 Å². The third kappa shape index (κ3) is 2.68. The molecule has 6 nitrogen and oxygen atoms in total. The molecule has 0 spiro atoms. The molecule has 0 radical (unpaired) electrons. The van der Waals surface area contributed by atoms with Crippen molar-refractivity contribution in [1.29, 1.82) is 0 Å². The van der Waals surface area contributed by atoms with E-state index in [0.29, 0.717) is 11.9 Å². The zero-order valence-electron chi connectivity index (χ0n) is 9.73. The molecule has 0 aliphatic rings. The fraction of sp³-hybridized carbons (Fsp3) is 0.667. The quantitative estimate of drug-likeness (QED) is 0.774. The number of nitrogen functional groups attached to an aromatic ring is 1. The van der Waals surface area contributed by atoms with Crippen LogP contribution in [0.4, 0.5) is 17.8 Å². The minimum absolute atomic E-state index is 0.260. The van der Waals surface area contributed by atoms with E-state index < -0.39 is 0 Å². The van der Waals surface area contributed by atoms with Gasteiger partial charge >= 0.3 is 0 Å². The Hall–Kier alpha value is -1.59. The second-order valence-corrected chi connectivity index (χ2v) is 3.32. The highest BCUT2D eigenvalue weighted by atomic mass is 15.3. The first kappa shape index (κ1) is 11.5. The molecule has 0 unspecified atom stereocenters. The molecule has 0 aromatic carbocycles. The largest absolute Gasteiger partial charge is 0.368 e. The molecule has 2 N–H and O–H groups in total. The predicted octanol–water partition coefficient (Wildman–Crippen LogP) is 0.366. The number of rotatable bonds is 4. The van der Waals surface area contributed by atoms with Crippen molar-refractivity contribution in [1.82, 2.24) is 15.0 Å². The smallest absolute Gasteiger partial charge is 0.231 e. The van der Waals surface area contributed by atoms with E-state index in [2.05, 4.69) is 15.0 Å². The maximum absolute atomic E-state index is 5.63. The summed E-state index contributed by atoms with van der Waals surface area (Å²) in [5.74, 6) is 1.48. The number of anilines is 3. The van der Waals surface area contributed by atoms with Gasteiger partial charge in [-0.2, -0.15) is 15.0 Å². The van der Waals surface area contributed by atoms with Gasteiger partial charge in [0.15, 0.2) is 0 Å². The van der Waals surface area contributed by atoms with Gasteiger partial charge in [-0.3, -0.25) is 0 Å². The van der Waals surface area contributed by atoms with Crippen LogP contribution in [0.25, 0.3) is 0 Å². The van der Waals surface area contributed by atoms with Crippen molar-refractivity contribution >= 4 is 17.8 Å². The van der Waals surface area contributed by atoms with E-state index in [1.807, 2.05) is 37.7 Å². The number of hydrogen-bond acceptors (Lipinski definition) is 6. The first-order valence-electron chi connectivity index (χ1n) is 5.02. The molecule has 0 saturated heterocycles. The first-order chi connectivity index (χ1) is 7.08. The maximum Gasteiger partial charge on any atom is 0.231 e. The van der Waals surface area contributed by atoms with E-state index in [9.17, 15) is 0 Å². The lowest BCUT2D eigenvalue weighted by molar-refractivity contribution is 0.847. The number of aromatic nitrogens is 3. The zero-order valence-corrected chi connectivity index (χ0v) is 9.73. The van der Waals surface area contributed by atoms with Crippen molar-refractivity contribution in [2.75, 3.05) is 42.7 Å². The summed E-state index contributed by atoms with van der Waals surface area (Å²) < 4.78 is 0. The van der Waals surface area contributed by atoms with Crippen LogP contribution in [0.1, 0.15) is 13.8 Å². The van der Waals surface area contributed by atoms with E-state index in [1.165, 1.54) is 0 Å². The molecule has 1 aromatic rings. The van der Waals surface area contributed by atoms with Crippen LogP contribution in [0.15, 0.2) is 0 Å². The third-order valence-corrected chi connectivity index (χ3v) is 2.26. The molecule has 0 amide bonds. The van der Waals surface area contributed by atoms with E-state index in [0.717, 1.165) is 13.1 Å². The Morgan fingerprint density at radius 3 is 1.67 bits per heavy atom. The summed E-state index contributed by atoms with van der Waals surface area (Å²) in [5.41, 5.74) is 5.63. The molecule has 15 heavy (non-hydrogen) atoms. The van der Waals surface area contributed by atoms with E-state index in [-0.39, 0.29) is 5.95 Å². The second-order valence-electron chi connectivity index (χ2n) is 3.32. The van der Waals surface area contributed by atoms with Gasteiger partial charge in [-0.1, -0.05) is 0 Å². The lowest BCUT2D eigenvalue weighted by atomic mass is 10.6. The van der Waals surface area contributed by atoms with Crippen LogP contribution in [0.5, 0.6) is 0 Å². The lowest BCUT2D eigenvalue weighted by Crippen LogP contribution is -2.24. The van der Waals surface area contributed by atoms with Gasteiger partial charge in [0.25, 0.3) is 0 Å². The van der Waals surface area contributed by atoms with Gasteiger partial charge in [0.05, 0.1) is 0 Å². The lowest BCUT2D eigenvalue weighted by Gasteiger charge is -2.18. The van der Waals surface area contributed by atoms with Crippen LogP contribution in [0, 0.1) is 0 Å². The second kappa shape index (κ2) is 4.77. The molecule has 1 aromatic heterocycles. The van der Waals surface area contributed by atoms with Gasteiger partial charge in [0, 0.05) is 27.2 Å². The number of nitrogens with zero attached hydrogens (tertiary/aromatic N) is 5. The van der Waals surface area contributed by atoms with Crippen LogP contribution in [0.3, 0.4) is 0 Å². The van der Waals surface area contributed by atoms with Crippen molar-refractivity contribution < 1.29 is 0 Å².